The summed E-state index contributed by atoms with van der Waals surface area (Å²) in [6.07, 6.45) is -0.0623. The maximum Gasteiger partial charge on any atom is 0.307 e. The smallest absolute Gasteiger partial charge is 0.307 e. The number of carboxylic acids is 1. The van der Waals surface area contributed by atoms with Gasteiger partial charge in [-0.3, -0.25) is 9.48 Å². The van der Waals surface area contributed by atoms with Crippen molar-refractivity contribution in [3.8, 4) is 21.7 Å². The predicted octanol–water partition coefficient (Wildman–Crippen LogP) is 5.69. The molecule has 5 aromatic rings. The fourth-order valence-corrected chi connectivity index (χ4v) is 5.34. The van der Waals surface area contributed by atoms with Gasteiger partial charge in [-0.05, 0) is 53.9 Å². The number of aryl methyl sites for hydroxylation is 2. The van der Waals surface area contributed by atoms with Crippen molar-refractivity contribution in [1.29, 1.82) is 0 Å². The number of aliphatic carboxylic acids is 1. The normalized spacial score (nSPS) is 11.5. The summed E-state index contributed by atoms with van der Waals surface area (Å²) in [5.41, 5.74) is 12.2. The number of benzene rings is 3. The van der Waals surface area contributed by atoms with E-state index in [1.54, 1.807) is 16.0 Å². The Hall–Kier alpha value is -3.42. The van der Waals surface area contributed by atoms with Crippen LogP contribution in [0.1, 0.15) is 11.1 Å². The zero-order chi connectivity index (χ0) is 22.6. The summed E-state index contributed by atoms with van der Waals surface area (Å²) in [7, 11) is 1.86. The second-order valence-corrected chi connectivity index (χ2v) is 9.17. The minimum absolute atomic E-state index is 0.0623. The first kappa shape index (κ1) is 20.5. The number of halogens is 1. The molecule has 0 bridgehead atoms. The second kappa shape index (κ2) is 7.62. The highest BCUT2D eigenvalue weighted by Gasteiger charge is 2.20. The molecule has 3 aromatic carbocycles. The van der Waals surface area contributed by atoms with Crippen molar-refractivity contribution in [2.24, 2.45) is 7.05 Å². The Morgan fingerprint density at radius 3 is 2.59 bits per heavy atom. The van der Waals surface area contributed by atoms with Crippen molar-refractivity contribution >= 4 is 55.8 Å². The lowest BCUT2D eigenvalue weighted by Crippen LogP contribution is -2.04. The standard InChI is InChI=1S/C24H19ClN4O2S/c1-12-9-18-22(21(17(12)11-20(30)31)13-3-6-15(25)7-4-13)32-24(27-18)14-5-8-16-19(10-14)29(2)28-23(16)26/h3-10H,11H2,1-2H3,(H2,26,28)(H,30,31). The monoisotopic (exact) mass is 462 g/mol. The zero-order valence-electron chi connectivity index (χ0n) is 17.4. The molecule has 0 amide bonds. The van der Waals surface area contributed by atoms with Crippen LogP contribution in [0.15, 0.2) is 48.5 Å². The van der Waals surface area contributed by atoms with Crippen LogP contribution in [-0.4, -0.2) is 25.8 Å². The van der Waals surface area contributed by atoms with Crippen LogP contribution in [0.2, 0.25) is 5.02 Å². The molecule has 8 heteroatoms. The van der Waals surface area contributed by atoms with Gasteiger partial charge in [0.25, 0.3) is 0 Å². The number of hydrogen-bond donors (Lipinski definition) is 2. The first-order chi connectivity index (χ1) is 15.3. The number of fused-ring (bicyclic) bond motifs is 2. The lowest BCUT2D eigenvalue weighted by atomic mass is 9.93. The van der Waals surface area contributed by atoms with E-state index in [1.165, 1.54) is 0 Å². The van der Waals surface area contributed by atoms with Gasteiger partial charge in [0, 0.05) is 28.6 Å². The summed E-state index contributed by atoms with van der Waals surface area (Å²) >= 11 is 7.65. The van der Waals surface area contributed by atoms with E-state index < -0.39 is 5.97 Å². The number of rotatable bonds is 4. The van der Waals surface area contributed by atoms with Crippen molar-refractivity contribution in [2.75, 3.05) is 5.73 Å². The van der Waals surface area contributed by atoms with Gasteiger partial charge in [0.15, 0.2) is 5.82 Å². The molecule has 5 rings (SSSR count). The summed E-state index contributed by atoms with van der Waals surface area (Å²) in [5, 5.41) is 16.2. The Bertz CT molecular complexity index is 1520. The predicted molar refractivity (Wildman–Crippen MR) is 130 cm³/mol. The molecular formula is C24H19ClN4O2S. The quantitative estimate of drug-likeness (QED) is 0.358. The van der Waals surface area contributed by atoms with Crippen molar-refractivity contribution in [3.63, 3.8) is 0 Å². The zero-order valence-corrected chi connectivity index (χ0v) is 19.0. The Labute approximate surface area is 192 Å². The average molecular weight is 463 g/mol. The summed E-state index contributed by atoms with van der Waals surface area (Å²) < 4.78 is 2.71. The van der Waals surface area contributed by atoms with Crippen LogP contribution in [0.5, 0.6) is 0 Å². The number of nitrogens with two attached hydrogens (primary N) is 1. The third-order valence-corrected chi connectivity index (χ3v) is 6.99. The lowest BCUT2D eigenvalue weighted by Gasteiger charge is -2.13. The maximum atomic E-state index is 11.6. The van der Waals surface area contributed by atoms with E-state index in [9.17, 15) is 9.90 Å². The first-order valence-electron chi connectivity index (χ1n) is 9.95. The van der Waals surface area contributed by atoms with Crippen molar-refractivity contribution in [2.45, 2.75) is 13.3 Å². The fourth-order valence-electron chi connectivity index (χ4n) is 4.08. The van der Waals surface area contributed by atoms with Gasteiger partial charge in [-0.2, -0.15) is 5.10 Å². The van der Waals surface area contributed by atoms with Crippen LogP contribution in [-0.2, 0) is 18.3 Å². The third-order valence-electron chi connectivity index (χ3n) is 5.60. The molecule has 0 unspecified atom stereocenters. The van der Waals surface area contributed by atoms with E-state index in [1.807, 2.05) is 62.5 Å². The van der Waals surface area contributed by atoms with Crippen LogP contribution in [0, 0.1) is 6.92 Å². The first-order valence-corrected chi connectivity index (χ1v) is 11.1. The molecule has 0 aliphatic carbocycles. The van der Waals surface area contributed by atoms with Crippen molar-refractivity contribution in [3.05, 3.63) is 64.7 Å². The van der Waals surface area contributed by atoms with Gasteiger partial charge in [-0.15, -0.1) is 11.3 Å². The van der Waals surface area contributed by atoms with Gasteiger partial charge in [-0.1, -0.05) is 29.8 Å². The molecule has 0 radical (unpaired) electrons. The molecule has 2 aromatic heterocycles. The number of nitrogens with zero attached hydrogens (tertiary/aromatic N) is 3. The minimum Gasteiger partial charge on any atom is -0.481 e. The Morgan fingerprint density at radius 1 is 1.16 bits per heavy atom. The second-order valence-electron chi connectivity index (χ2n) is 7.73. The Morgan fingerprint density at radius 2 is 1.88 bits per heavy atom. The molecule has 6 nitrogen and oxygen atoms in total. The number of anilines is 1. The molecule has 0 aliphatic rings. The summed E-state index contributed by atoms with van der Waals surface area (Å²) in [6.45, 7) is 1.93. The topological polar surface area (TPSA) is 94.0 Å². The van der Waals surface area contributed by atoms with E-state index in [0.29, 0.717) is 10.8 Å². The molecule has 3 N–H and O–H groups in total. The van der Waals surface area contributed by atoms with Crippen LogP contribution >= 0.6 is 22.9 Å². The molecule has 2 heterocycles. The average Bonchev–Trinajstić information content (AvgIpc) is 3.29. The van der Waals surface area contributed by atoms with Crippen LogP contribution in [0.3, 0.4) is 0 Å². The van der Waals surface area contributed by atoms with Gasteiger partial charge < -0.3 is 10.8 Å². The molecule has 0 saturated carbocycles. The summed E-state index contributed by atoms with van der Waals surface area (Å²) in [5.74, 6) is -0.371. The Balaban J connectivity index is 1.76. The van der Waals surface area contributed by atoms with Crippen LogP contribution < -0.4 is 5.73 Å². The fraction of sp³-hybridized carbons (Fsp3) is 0.125. The molecule has 0 aliphatic heterocycles. The van der Waals surface area contributed by atoms with Crippen LogP contribution in [0.4, 0.5) is 5.82 Å². The molecule has 0 atom stereocenters. The number of thiazole rings is 1. The van der Waals surface area contributed by atoms with E-state index in [-0.39, 0.29) is 6.42 Å². The lowest BCUT2D eigenvalue weighted by molar-refractivity contribution is -0.136. The SMILES string of the molecule is Cc1cc2nc(-c3ccc4c(N)nn(C)c4c3)sc2c(-c2ccc(Cl)cc2)c1CC(=O)O. The van der Waals surface area contributed by atoms with Gasteiger partial charge in [0.1, 0.15) is 5.01 Å². The maximum absolute atomic E-state index is 11.6. The third kappa shape index (κ3) is 3.39. The van der Waals surface area contributed by atoms with Gasteiger partial charge in [0.05, 0.1) is 22.2 Å². The minimum atomic E-state index is -0.869. The highest BCUT2D eigenvalue weighted by Crippen LogP contribution is 2.41. The van der Waals surface area contributed by atoms with E-state index in [4.69, 9.17) is 22.3 Å². The van der Waals surface area contributed by atoms with E-state index >= 15 is 0 Å². The molecule has 32 heavy (non-hydrogen) atoms. The summed E-state index contributed by atoms with van der Waals surface area (Å²) in [4.78, 5) is 16.5. The number of carbonyl (C=O) groups is 1. The molecule has 0 fully saturated rings. The molecule has 0 spiro atoms. The van der Waals surface area contributed by atoms with Gasteiger partial charge in [-0.25, -0.2) is 4.98 Å². The highest BCUT2D eigenvalue weighted by atomic mass is 35.5. The van der Waals surface area contributed by atoms with E-state index in [2.05, 4.69) is 5.10 Å². The summed E-state index contributed by atoms with van der Waals surface area (Å²) in [6, 6.07) is 15.4. The Kier molecular flexibility index (Phi) is 4.87. The molecule has 160 valence electrons. The van der Waals surface area contributed by atoms with Crippen molar-refractivity contribution in [1.82, 2.24) is 14.8 Å². The number of nitrogen functional groups attached to an aromatic ring is 1. The highest BCUT2D eigenvalue weighted by molar-refractivity contribution is 7.22. The van der Waals surface area contributed by atoms with Crippen molar-refractivity contribution < 1.29 is 9.90 Å². The van der Waals surface area contributed by atoms with E-state index in [0.717, 1.165) is 53.9 Å². The number of hydrogen-bond acceptors (Lipinski definition) is 5. The largest absolute Gasteiger partial charge is 0.481 e. The van der Waals surface area contributed by atoms with Gasteiger partial charge in [0.2, 0.25) is 0 Å². The molecule has 0 saturated heterocycles. The van der Waals surface area contributed by atoms with Gasteiger partial charge >= 0.3 is 5.97 Å². The van der Waals surface area contributed by atoms with Crippen LogP contribution in [0.25, 0.3) is 42.8 Å². The number of aromatic nitrogens is 3. The molecular weight excluding hydrogens is 444 g/mol. The number of carboxylic acid groups (broad SMARTS) is 1.